The minimum absolute atomic E-state index is 0.198. The van der Waals surface area contributed by atoms with Crippen molar-refractivity contribution in [2.75, 3.05) is 37.4 Å². The molecule has 9 nitrogen and oxygen atoms in total. The summed E-state index contributed by atoms with van der Waals surface area (Å²) >= 11 is 0. The Morgan fingerprint density at radius 3 is 2.68 bits per heavy atom. The van der Waals surface area contributed by atoms with Gasteiger partial charge in [0.2, 0.25) is 0 Å². The Morgan fingerprint density at radius 1 is 1.24 bits per heavy atom. The lowest BCUT2D eigenvalue weighted by atomic mass is 10.2. The summed E-state index contributed by atoms with van der Waals surface area (Å²) in [5, 5.41) is -0.586. The standard InChI is InChI=1S/C23H28FN3O6S/c1-23(2,3)33-22(28)26-8-7-17(14-26)32-16-5-6-20-19(12-16)27(9-10-31-20)15-11-18(24)21(25-13-15)34(4,29)30/h5-6,11-13,17H,7-10,14H2,1-4H3. The number of benzene rings is 1. The van der Waals surface area contributed by atoms with Crippen LogP contribution in [0.15, 0.2) is 35.5 Å². The molecule has 1 aromatic heterocycles. The number of fused-ring (bicyclic) bond motifs is 1. The molecule has 0 bridgehead atoms. The van der Waals surface area contributed by atoms with Crippen molar-refractivity contribution in [3.63, 3.8) is 0 Å². The molecule has 0 spiro atoms. The zero-order valence-corrected chi connectivity index (χ0v) is 20.4. The first kappa shape index (κ1) is 24.1. The van der Waals surface area contributed by atoms with Gasteiger partial charge < -0.3 is 24.0 Å². The molecular formula is C23H28FN3O6S. The number of sulfone groups is 1. The molecule has 34 heavy (non-hydrogen) atoms. The number of nitrogens with zero attached hydrogens (tertiary/aromatic N) is 3. The largest absolute Gasteiger partial charge is 0.490 e. The van der Waals surface area contributed by atoms with Crippen LogP contribution in [0.2, 0.25) is 0 Å². The van der Waals surface area contributed by atoms with E-state index in [2.05, 4.69) is 4.98 Å². The third-order valence-electron chi connectivity index (χ3n) is 5.35. The van der Waals surface area contributed by atoms with Crippen LogP contribution in [0.5, 0.6) is 11.5 Å². The maximum absolute atomic E-state index is 14.5. The van der Waals surface area contributed by atoms with Crippen molar-refractivity contribution in [1.82, 2.24) is 9.88 Å². The van der Waals surface area contributed by atoms with Crippen molar-refractivity contribution in [1.29, 1.82) is 0 Å². The Hall–Kier alpha value is -3.08. The van der Waals surface area contributed by atoms with Crippen LogP contribution in [0.3, 0.4) is 0 Å². The number of carbonyl (C=O) groups excluding carboxylic acids is 1. The van der Waals surface area contributed by atoms with Crippen molar-refractivity contribution in [3.05, 3.63) is 36.3 Å². The second-order valence-electron chi connectivity index (χ2n) is 9.34. The van der Waals surface area contributed by atoms with E-state index < -0.39 is 26.3 Å². The summed E-state index contributed by atoms with van der Waals surface area (Å²) < 4.78 is 55.1. The predicted molar refractivity (Wildman–Crippen MR) is 123 cm³/mol. The second-order valence-corrected chi connectivity index (χ2v) is 11.3. The number of aromatic nitrogens is 1. The van der Waals surface area contributed by atoms with Gasteiger partial charge in [0, 0.05) is 31.4 Å². The Morgan fingerprint density at radius 2 is 2.00 bits per heavy atom. The van der Waals surface area contributed by atoms with Gasteiger partial charge in [-0.15, -0.1) is 0 Å². The molecule has 11 heteroatoms. The highest BCUT2D eigenvalue weighted by atomic mass is 32.2. The first-order valence-electron chi connectivity index (χ1n) is 11.0. The molecule has 1 fully saturated rings. The highest BCUT2D eigenvalue weighted by Crippen LogP contribution is 2.39. The SMILES string of the molecule is CC(C)(C)OC(=O)N1CCC(Oc2ccc3c(c2)N(c2cnc(S(C)(=O)=O)c(F)c2)CCO3)C1. The number of halogens is 1. The maximum Gasteiger partial charge on any atom is 0.410 e. The number of hydrogen-bond acceptors (Lipinski definition) is 8. The van der Waals surface area contributed by atoms with Gasteiger partial charge in [-0.2, -0.15) is 0 Å². The fourth-order valence-electron chi connectivity index (χ4n) is 3.88. The quantitative estimate of drug-likeness (QED) is 0.638. The summed E-state index contributed by atoms with van der Waals surface area (Å²) in [6.07, 6.45) is 2.35. The molecule has 0 aliphatic carbocycles. The number of ether oxygens (including phenoxy) is 3. The first-order chi connectivity index (χ1) is 15.9. The van der Waals surface area contributed by atoms with E-state index >= 15 is 0 Å². The van der Waals surface area contributed by atoms with Gasteiger partial charge in [0.15, 0.2) is 20.7 Å². The highest BCUT2D eigenvalue weighted by Gasteiger charge is 2.31. The van der Waals surface area contributed by atoms with Crippen molar-refractivity contribution < 1.29 is 31.8 Å². The molecule has 1 atom stereocenters. The van der Waals surface area contributed by atoms with Crippen molar-refractivity contribution >= 4 is 27.3 Å². The molecule has 0 N–H and O–H groups in total. The molecule has 2 aliphatic rings. The van der Waals surface area contributed by atoms with E-state index in [4.69, 9.17) is 14.2 Å². The molecule has 1 unspecified atom stereocenters. The van der Waals surface area contributed by atoms with E-state index in [9.17, 15) is 17.6 Å². The zero-order chi connectivity index (χ0) is 24.7. The van der Waals surface area contributed by atoms with Crippen LogP contribution in [-0.4, -0.2) is 68.6 Å². The molecule has 0 saturated carbocycles. The summed E-state index contributed by atoms with van der Waals surface area (Å²) in [6.45, 7) is 7.22. The van der Waals surface area contributed by atoms with Crippen LogP contribution >= 0.6 is 0 Å². The number of pyridine rings is 1. The molecule has 184 valence electrons. The normalized spacial score (nSPS) is 18.3. The number of likely N-dealkylation sites (tertiary alicyclic amines) is 1. The fourth-order valence-corrected chi connectivity index (χ4v) is 4.54. The van der Waals surface area contributed by atoms with Crippen LogP contribution in [0.1, 0.15) is 27.2 Å². The lowest BCUT2D eigenvalue weighted by Crippen LogP contribution is -2.36. The molecule has 2 aromatic rings. The lowest BCUT2D eigenvalue weighted by molar-refractivity contribution is 0.0275. The van der Waals surface area contributed by atoms with E-state index in [1.54, 1.807) is 28.0 Å². The average molecular weight is 494 g/mol. The van der Waals surface area contributed by atoms with E-state index in [1.165, 1.54) is 6.20 Å². The average Bonchev–Trinajstić information content (AvgIpc) is 3.20. The maximum atomic E-state index is 14.5. The van der Waals surface area contributed by atoms with Crippen LogP contribution in [0.25, 0.3) is 0 Å². The van der Waals surface area contributed by atoms with E-state index in [1.807, 2.05) is 20.8 Å². The summed E-state index contributed by atoms with van der Waals surface area (Å²) in [7, 11) is -3.77. The molecule has 1 saturated heterocycles. The summed E-state index contributed by atoms with van der Waals surface area (Å²) in [5.41, 5.74) is 0.494. The monoisotopic (exact) mass is 493 g/mol. The smallest absolute Gasteiger partial charge is 0.410 e. The van der Waals surface area contributed by atoms with Gasteiger partial charge in [-0.05, 0) is 32.9 Å². The number of amides is 1. The summed E-state index contributed by atoms with van der Waals surface area (Å²) in [5.74, 6) is 0.258. The molecule has 3 heterocycles. The van der Waals surface area contributed by atoms with Crippen LogP contribution in [-0.2, 0) is 14.6 Å². The van der Waals surface area contributed by atoms with Gasteiger partial charge in [-0.25, -0.2) is 22.6 Å². The minimum Gasteiger partial charge on any atom is -0.490 e. The molecule has 2 aliphatic heterocycles. The zero-order valence-electron chi connectivity index (χ0n) is 19.6. The Balaban J connectivity index is 1.51. The topological polar surface area (TPSA) is 98.3 Å². The predicted octanol–water partition coefficient (Wildman–Crippen LogP) is 3.54. The number of carbonyl (C=O) groups is 1. The fraction of sp³-hybridized carbons (Fsp3) is 0.478. The molecule has 1 amide bonds. The van der Waals surface area contributed by atoms with Crippen molar-refractivity contribution in [2.45, 2.75) is 43.9 Å². The van der Waals surface area contributed by atoms with Crippen LogP contribution < -0.4 is 14.4 Å². The number of anilines is 2. The number of rotatable bonds is 4. The third kappa shape index (κ3) is 5.35. The van der Waals surface area contributed by atoms with Gasteiger partial charge in [0.05, 0.1) is 30.7 Å². The Kier molecular flexibility index (Phi) is 6.32. The third-order valence-corrected chi connectivity index (χ3v) is 6.35. The molecule has 1 aromatic carbocycles. The van der Waals surface area contributed by atoms with Crippen molar-refractivity contribution in [2.24, 2.45) is 0 Å². The van der Waals surface area contributed by atoms with Gasteiger partial charge in [0.1, 0.15) is 29.8 Å². The highest BCUT2D eigenvalue weighted by molar-refractivity contribution is 7.90. The summed E-state index contributed by atoms with van der Waals surface area (Å²) in [4.78, 5) is 19.6. The summed E-state index contributed by atoms with van der Waals surface area (Å²) in [6, 6.07) is 6.49. The van der Waals surface area contributed by atoms with E-state index in [-0.39, 0.29) is 12.2 Å². The lowest BCUT2D eigenvalue weighted by Gasteiger charge is -2.31. The first-order valence-corrected chi connectivity index (χ1v) is 12.8. The Bertz CT molecular complexity index is 1200. The van der Waals surface area contributed by atoms with Crippen LogP contribution in [0, 0.1) is 5.82 Å². The van der Waals surface area contributed by atoms with Gasteiger partial charge in [-0.1, -0.05) is 0 Å². The van der Waals surface area contributed by atoms with E-state index in [0.29, 0.717) is 55.5 Å². The van der Waals surface area contributed by atoms with Gasteiger partial charge >= 0.3 is 6.09 Å². The number of hydrogen-bond donors (Lipinski definition) is 0. The molecule has 4 rings (SSSR count). The van der Waals surface area contributed by atoms with E-state index in [0.717, 1.165) is 12.3 Å². The van der Waals surface area contributed by atoms with Gasteiger partial charge in [-0.3, -0.25) is 0 Å². The van der Waals surface area contributed by atoms with Gasteiger partial charge in [0.25, 0.3) is 0 Å². The minimum atomic E-state index is -3.77. The van der Waals surface area contributed by atoms with Crippen LogP contribution in [0.4, 0.5) is 20.6 Å². The Labute approximate surface area is 198 Å². The second kappa shape index (κ2) is 8.94. The molecule has 0 radical (unpaired) electrons. The van der Waals surface area contributed by atoms with Crippen molar-refractivity contribution in [3.8, 4) is 11.5 Å². The molecular weight excluding hydrogens is 465 g/mol.